The summed E-state index contributed by atoms with van der Waals surface area (Å²) in [7, 11) is 0. The largest absolute Gasteiger partial charge is 0.480 e. The predicted octanol–water partition coefficient (Wildman–Crippen LogP) is 2.89. The van der Waals surface area contributed by atoms with E-state index in [-0.39, 0.29) is 12.1 Å². The summed E-state index contributed by atoms with van der Waals surface area (Å²) in [4.78, 5) is 12.6. The third-order valence-corrected chi connectivity index (χ3v) is 3.32. The van der Waals surface area contributed by atoms with E-state index in [2.05, 4.69) is 0 Å². The van der Waals surface area contributed by atoms with Crippen molar-refractivity contribution in [3.05, 3.63) is 35.1 Å². The molecule has 1 fully saturated rings. The number of likely N-dealkylation sites (tertiary alicyclic amines) is 1. The van der Waals surface area contributed by atoms with Crippen LogP contribution in [0, 0.1) is 5.82 Å². The molecule has 0 spiro atoms. The molecule has 1 aliphatic heterocycles. The standard InChI is InChI=1S/C13H13F4NO2/c14-10-5-8(4-9(6-10)13(15,16)17)7-18-3-1-2-11(18)12(19)20/h4-6,11H,1-3,7H2,(H,19,20)/t11-/m1/s1. The SMILES string of the molecule is O=C(O)[C@H]1CCCN1Cc1cc(F)cc(C(F)(F)F)c1. The molecule has 0 amide bonds. The van der Waals surface area contributed by atoms with Gasteiger partial charge in [-0.3, -0.25) is 9.69 Å². The molecular weight excluding hydrogens is 278 g/mol. The molecular formula is C13H13F4NO2. The van der Waals surface area contributed by atoms with Crippen molar-refractivity contribution in [2.75, 3.05) is 6.54 Å². The second kappa shape index (κ2) is 5.40. The zero-order valence-electron chi connectivity index (χ0n) is 10.5. The molecule has 7 heteroatoms. The summed E-state index contributed by atoms with van der Waals surface area (Å²) in [6, 6.07) is 1.59. The van der Waals surface area contributed by atoms with Gasteiger partial charge in [0.05, 0.1) is 5.56 Å². The fourth-order valence-electron chi connectivity index (χ4n) is 2.43. The van der Waals surface area contributed by atoms with Gasteiger partial charge in [0.2, 0.25) is 0 Å². The van der Waals surface area contributed by atoms with Gasteiger partial charge in [0.1, 0.15) is 11.9 Å². The van der Waals surface area contributed by atoms with E-state index in [0.29, 0.717) is 25.5 Å². The van der Waals surface area contributed by atoms with Gasteiger partial charge < -0.3 is 5.11 Å². The first kappa shape index (κ1) is 14.8. The van der Waals surface area contributed by atoms with Crippen LogP contribution in [0.2, 0.25) is 0 Å². The number of benzene rings is 1. The smallest absolute Gasteiger partial charge is 0.416 e. The summed E-state index contributed by atoms with van der Waals surface area (Å²) in [5, 5.41) is 9.00. The van der Waals surface area contributed by atoms with Crippen molar-refractivity contribution >= 4 is 5.97 Å². The molecule has 1 N–H and O–H groups in total. The van der Waals surface area contributed by atoms with Crippen LogP contribution in [0.4, 0.5) is 17.6 Å². The zero-order chi connectivity index (χ0) is 14.9. The van der Waals surface area contributed by atoms with Gasteiger partial charge in [-0.2, -0.15) is 13.2 Å². The highest BCUT2D eigenvalue weighted by atomic mass is 19.4. The number of aliphatic carboxylic acids is 1. The maximum atomic E-state index is 13.3. The molecule has 0 radical (unpaired) electrons. The minimum Gasteiger partial charge on any atom is -0.480 e. The van der Waals surface area contributed by atoms with Crippen molar-refractivity contribution in [2.45, 2.75) is 31.6 Å². The Kier molecular flexibility index (Phi) is 3.99. The molecule has 20 heavy (non-hydrogen) atoms. The topological polar surface area (TPSA) is 40.5 Å². The highest BCUT2D eigenvalue weighted by Gasteiger charge is 2.33. The second-order valence-corrected chi connectivity index (χ2v) is 4.81. The highest BCUT2D eigenvalue weighted by Crippen LogP contribution is 2.31. The van der Waals surface area contributed by atoms with Gasteiger partial charge in [0.25, 0.3) is 0 Å². The van der Waals surface area contributed by atoms with Crippen LogP contribution < -0.4 is 0 Å². The number of carboxylic acids is 1. The molecule has 0 aromatic heterocycles. The van der Waals surface area contributed by atoms with Crippen molar-refractivity contribution in [1.82, 2.24) is 4.90 Å². The third-order valence-electron chi connectivity index (χ3n) is 3.32. The minimum absolute atomic E-state index is 0.00218. The van der Waals surface area contributed by atoms with Crippen LogP contribution in [0.1, 0.15) is 24.0 Å². The number of carboxylic acid groups (broad SMARTS) is 1. The van der Waals surface area contributed by atoms with Crippen molar-refractivity contribution in [3.63, 3.8) is 0 Å². The molecule has 1 aromatic carbocycles. The second-order valence-electron chi connectivity index (χ2n) is 4.81. The van der Waals surface area contributed by atoms with Gasteiger partial charge in [-0.05, 0) is 43.1 Å². The average molecular weight is 291 g/mol. The Labute approximate surface area is 112 Å². The Balaban J connectivity index is 2.21. The molecule has 1 aliphatic rings. The molecule has 0 bridgehead atoms. The maximum Gasteiger partial charge on any atom is 0.416 e. The molecule has 1 heterocycles. The molecule has 2 rings (SSSR count). The summed E-state index contributed by atoms with van der Waals surface area (Å²) >= 11 is 0. The number of nitrogens with zero attached hydrogens (tertiary/aromatic N) is 1. The molecule has 1 aromatic rings. The van der Waals surface area contributed by atoms with Crippen molar-refractivity contribution in [3.8, 4) is 0 Å². The average Bonchev–Trinajstić information content (AvgIpc) is 2.75. The fourth-order valence-corrected chi connectivity index (χ4v) is 2.43. The molecule has 1 saturated heterocycles. The maximum absolute atomic E-state index is 13.3. The number of hydrogen-bond acceptors (Lipinski definition) is 2. The summed E-state index contributed by atoms with van der Waals surface area (Å²) in [5.74, 6) is -1.98. The van der Waals surface area contributed by atoms with Crippen LogP contribution in [0.3, 0.4) is 0 Å². The first-order valence-corrected chi connectivity index (χ1v) is 6.11. The molecule has 110 valence electrons. The highest BCUT2D eigenvalue weighted by molar-refractivity contribution is 5.73. The predicted molar refractivity (Wildman–Crippen MR) is 62.5 cm³/mol. The van der Waals surface area contributed by atoms with Gasteiger partial charge >= 0.3 is 12.1 Å². The van der Waals surface area contributed by atoms with E-state index in [1.165, 1.54) is 0 Å². The number of rotatable bonds is 3. The molecule has 1 atom stereocenters. The Hall–Kier alpha value is -1.63. The van der Waals surface area contributed by atoms with E-state index in [1.807, 2.05) is 0 Å². The fraction of sp³-hybridized carbons (Fsp3) is 0.462. The lowest BCUT2D eigenvalue weighted by Crippen LogP contribution is -2.35. The molecule has 0 aliphatic carbocycles. The van der Waals surface area contributed by atoms with Gasteiger partial charge in [0, 0.05) is 6.54 Å². The molecule has 0 unspecified atom stereocenters. The Bertz CT molecular complexity index is 516. The minimum atomic E-state index is -4.62. The lowest BCUT2D eigenvalue weighted by Gasteiger charge is -2.21. The molecule has 0 saturated carbocycles. The van der Waals surface area contributed by atoms with Crippen molar-refractivity contribution in [1.29, 1.82) is 0 Å². The first-order valence-electron chi connectivity index (χ1n) is 6.11. The van der Waals surface area contributed by atoms with Gasteiger partial charge in [-0.25, -0.2) is 4.39 Å². The summed E-state index contributed by atoms with van der Waals surface area (Å²) < 4.78 is 51.0. The number of hydrogen-bond donors (Lipinski definition) is 1. The lowest BCUT2D eigenvalue weighted by atomic mass is 10.1. The quantitative estimate of drug-likeness (QED) is 0.871. The van der Waals surface area contributed by atoms with Gasteiger partial charge in [-0.15, -0.1) is 0 Å². The third kappa shape index (κ3) is 3.27. The van der Waals surface area contributed by atoms with E-state index < -0.39 is 29.6 Å². The molecule has 3 nitrogen and oxygen atoms in total. The Morgan fingerprint density at radius 3 is 2.65 bits per heavy atom. The summed E-state index contributed by atoms with van der Waals surface area (Å²) in [6.45, 7) is 0.479. The number of alkyl halides is 3. The van der Waals surface area contributed by atoms with Crippen LogP contribution in [-0.2, 0) is 17.5 Å². The van der Waals surface area contributed by atoms with Crippen LogP contribution in [-0.4, -0.2) is 28.6 Å². The summed E-state index contributed by atoms with van der Waals surface area (Å²) in [6.07, 6.45) is -3.50. The van der Waals surface area contributed by atoms with E-state index in [9.17, 15) is 22.4 Å². The Morgan fingerprint density at radius 2 is 2.05 bits per heavy atom. The summed E-state index contributed by atoms with van der Waals surface area (Å²) in [5.41, 5.74) is -0.927. The van der Waals surface area contributed by atoms with Gasteiger partial charge in [-0.1, -0.05) is 0 Å². The van der Waals surface area contributed by atoms with E-state index >= 15 is 0 Å². The van der Waals surface area contributed by atoms with Crippen LogP contribution in [0.15, 0.2) is 18.2 Å². The number of carbonyl (C=O) groups is 1. The van der Waals surface area contributed by atoms with Gasteiger partial charge in [0.15, 0.2) is 0 Å². The van der Waals surface area contributed by atoms with Crippen molar-refractivity contribution in [2.24, 2.45) is 0 Å². The zero-order valence-corrected chi connectivity index (χ0v) is 10.5. The van der Waals surface area contributed by atoms with E-state index in [4.69, 9.17) is 5.11 Å². The monoisotopic (exact) mass is 291 g/mol. The lowest BCUT2D eigenvalue weighted by molar-refractivity contribution is -0.142. The first-order chi connectivity index (χ1) is 9.27. The van der Waals surface area contributed by atoms with Crippen LogP contribution in [0.25, 0.3) is 0 Å². The van der Waals surface area contributed by atoms with Crippen LogP contribution in [0.5, 0.6) is 0 Å². The van der Waals surface area contributed by atoms with E-state index in [1.54, 1.807) is 4.90 Å². The Morgan fingerprint density at radius 1 is 1.35 bits per heavy atom. The number of halogens is 4. The van der Waals surface area contributed by atoms with E-state index in [0.717, 1.165) is 12.1 Å². The normalized spacial score (nSPS) is 20.3. The van der Waals surface area contributed by atoms with Crippen molar-refractivity contribution < 1.29 is 27.5 Å². The van der Waals surface area contributed by atoms with Crippen LogP contribution >= 0.6 is 0 Å².